The van der Waals surface area contributed by atoms with Crippen molar-refractivity contribution in [2.45, 2.75) is 39.2 Å². The Morgan fingerprint density at radius 2 is 1.29 bits per heavy atom. The highest BCUT2D eigenvalue weighted by Crippen LogP contribution is 2.33. The molecule has 0 unspecified atom stereocenters. The van der Waals surface area contributed by atoms with Gasteiger partial charge in [-0.2, -0.15) is 0 Å². The summed E-state index contributed by atoms with van der Waals surface area (Å²) in [6, 6.07) is 16.5. The van der Waals surface area contributed by atoms with E-state index in [0.29, 0.717) is 13.2 Å². The first-order valence-corrected chi connectivity index (χ1v) is 8.43. The lowest BCUT2D eigenvalue weighted by Gasteiger charge is -2.26. The lowest BCUT2D eigenvalue weighted by atomic mass is 9.78. The predicted molar refractivity (Wildman–Crippen MR) is 98.1 cm³/mol. The summed E-state index contributed by atoms with van der Waals surface area (Å²) in [5, 5.41) is 0. The maximum Gasteiger partial charge on any atom is 0.119 e. The van der Waals surface area contributed by atoms with E-state index in [2.05, 4.69) is 38.1 Å². The van der Waals surface area contributed by atoms with Gasteiger partial charge in [-0.25, -0.2) is 0 Å². The molecule has 0 aliphatic carbocycles. The zero-order valence-corrected chi connectivity index (χ0v) is 15.3. The van der Waals surface area contributed by atoms with Gasteiger partial charge in [0.2, 0.25) is 0 Å². The van der Waals surface area contributed by atoms with Crippen LogP contribution in [0.15, 0.2) is 48.5 Å². The molecule has 2 aromatic carbocycles. The minimum Gasteiger partial charge on any atom is -0.497 e. The number of hydrogen-bond donors (Lipinski definition) is 0. The third-order valence-electron chi connectivity index (χ3n) is 4.19. The van der Waals surface area contributed by atoms with Crippen LogP contribution < -0.4 is 9.47 Å². The van der Waals surface area contributed by atoms with Gasteiger partial charge in [0.15, 0.2) is 0 Å². The average Bonchev–Trinajstić information content (AvgIpc) is 2.59. The fourth-order valence-electron chi connectivity index (χ4n) is 2.59. The van der Waals surface area contributed by atoms with Crippen LogP contribution in [0.1, 0.15) is 38.8 Å². The van der Waals surface area contributed by atoms with Crippen LogP contribution in [-0.4, -0.2) is 26.4 Å². The maximum atomic E-state index is 5.72. The highest BCUT2D eigenvalue weighted by atomic mass is 16.5. The van der Waals surface area contributed by atoms with E-state index in [0.717, 1.165) is 11.5 Å². The zero-order valence-electron chi connectivity index (χ0n) is 15.3. The molecule has 24 heavy (non-hydrogen) atoms. The van der Waals surface area contributed by atoms with E-state index in [4.69, 9.17) is 14.2 Å². The Bertz CT molecular complexity index is 613. The molecule has 0 spiro atoms. The van der Waals surface area contributed by atoms with Crippen LogP contribution in [0.3, 0.4) is 0 Å². The highest BCUT2D eigenvalue weighted by Gasteiger charge is 2.23. The van der Waals surface area contributed by atoms with Gasteiger partial charge < -0.3 is 14.2 Å². The van der Waals surface area contributed by atoms with Gasteiger partial charge in [-0.3, -0.25) is 0 Å². The number of rotatable bonds is 8. The normalized spacial score (nSPS) is 11.6. The Morgan fingerprint density at radius 3 is 1.75 bits per heavy atom. The van der Waals surface area contributed by atoms with E-state index in [1.54, 1.807) is 7.11 Å². The zero-order chi connectivity index (χ0) is 17.6. The Kier molecular flexibility index (Phi) is 6.27. The second-order valence-corrected chi connectivity index (χ2v) is 6.65. The first-order valence-electron chi connectivity index (χ1n) is 8.43. The summed E-state index contributed by atoms with van der Waals surface area (Å²) in [5.74, 6) is 1.75. The van der Waals surface area contributed by atoms with Gasteiger partial charge in [0, 0.05) is 5.41 Å². The van der Waals surface area contributed by atoms with Gasteiger partial charge in [-0.15, -0.1) is 0 Å². The van der Waals surface area contributed by atoms with E-state index in [1.807, 2.05) is 38.1 Å². The van der Waals surface area contributed by atoms with Crippen molar-refractivity contribution < 1.29 is 14.2 Å². The highest BCUT2D eigenvalue weighted by molar-refractivity contribution is 5.41. The van der Waals surface area contributed by atoms with Crippen molar-refractivity contribution in [1.29, 1.82) is 0 Å². The van der Waals surface area contributed by atoms with Crippen molar-refractivity contribution in [3.8, 4) is 11.5 Å². The molecule has 0 saturated carbocycles. The van der Waals surface area contributed by atoms with Crippen LogP contribution in [-0.2, 0) is 10.2 Å². The molecule has 0 amide bonds. The summed E-state index contributed by atoms with van der Waals surface area (Å²) in [5.41, 5.74) is 2.42. The first-order chi connectivity index (χ1) is 11.4. The van der Waals surface area contributed by atoms with Crippen LogP contribution >= 0.6 is 0 Å². The lowest BCUT2D eigenvalue weighted by molar-refractivity contribution is 0.0552. The molecule has 2 aromatic rings. The smallest absolute Gasteiger partial charge is 0.119 e. The Labute approximate surface area is 145 Å². The third kappa shape index (κ3) is 4.75. The summed E-state index contributed by atoms with van der Waals surface area (Å²) < 4.78 is 16.4. The van der Waals surface area contributed by atoms with Crippen LogP contribution in [0, 0.1) is 0 Å². The Morgan fingerprint density at radius 1 is 0.792 bits per heavy atom. The molecular formula is C21H28O3. The van der Waals surface area contributed by atoms with E-state index in [9.17, 15) is 0 Å². The molecule has 3 heteroatoms. The van der Waals surface area contributed by atoms with Crippen LogP contribution in [0.2, 0.25) is 0 Å². The van der Waals surface area contributed by atoms with Crippen molar-refractivity contribution in [3.05, 3.63) is 59.7 Å². The second-order valence-electron chi connectivity index (χ2n) is 6.65. The maximum absolute atomic E-state index is 5.72. The molecule has 0 atom stereocenters. The number of benzene rings is 2. The molecule has 0 saturated heterocycles. The second kappa shape index (κ2) is 8.20. The van der Waals surface area contributed by atoms with Gasteiger partial charge in [-0.05, 0) is 49.2 Å². The monoisotopic (exact) mass is 328 g/mol. The van der Waals surface area contributed by atoms with E-state index >= 15 is 0 Å². The van der Waals surface area contributed by atoms with Gasteiger partial charge >= 0.3 is 0 Å². The minimum atomic E-state index is -0.0778. The van der Waals surface area contributed by atoms with E-state index in [-0.39, 0.29) is 11.5 Å². The topological polar surface area (TPSA) is 27.7 Å². The Balaban J connectivity index is 2.02. The van der Waals surface area contributed by atoms with E-state index < -0.39 is 0 Å². The summed E-state index contributed by atoms with van der Waals surface area (Å²) in [7, 11) is 1.69. The Hall–Kier alpha value is -2.00. The summed E-state index contributed by atoms with van der Waals surface area (Å²) in [6.07, 6.45) is 0.237. The number of hydrogen-bond acceptors (Lipinski definition) is 3. The molecule has 0 N–H and O–H groups in total. The molecule has 0 bridgehead atoms. The predicted octanol–water partition coefficient (Wildman–Crippen LogP) is 4.82. The molecule has 0 radical (unpaired) electrons. The van der Waals surface area contributed by atoms with Crippen molar-refractivity contribution in [2.24, 2.45) is 0 Å². The molecule has 3 nitrogen and oxygen atoms in total. The molecule has 0 fully saturated rings. The lowest BCUT2D eigenvalue weighted by Crippen LogP contribution is -2.18. The van der Waals surface area contributed by atoms with Crippen molar-refractivity contribution in [3.63, 3.8) is 0 Å². The summed E-state index contributed by atoms with van der Waals surface area (Å²) in [6.45, 7) is 9.67. The quantitative estimate of drug-likeness (QED) is 0.650. The minimum absolute atomic E-state index is 0.0778. The number of ether oxygens (including phenoxy) is 3. The van der Waals surface area contributed by atoms with Gasteiger partial charge in [0.25, 0.3) is 0 Å². The van der Waals surface area contributed by atoms with Crippen molar-refractivity contribution in [2.75, 3.05) is 20.3 Å². The van der Waals surface area contributed by atoms with E-state index in [1.165, 1.54) is 11.1 Å². The molecular weight excluding hydrogens is 300 g/mol. The molecule has 0 aliphatic rings. The molecule has 0 aliphatic heterocycles. The van der Waals surface area contributed by atoms with Crippen LogP contribution in [0.5, 0.6) is 11.5 Å². The molecule has 0 aromatic heterocycles. The van der Waals surface area contributed by atoms with Gasteiger partial charge in [0.05, 0.1) is 19.8 Å². The van der Waals surface area contributed by atoms with Crippen molar-refractivity contribution >= 4 is 0 Å². The largest absolute Gasteiger partial charge is 0.497 e. The van der Waals surface area contributed by atoms with Gasteiger partial charge in [0.1, 0.15) is 18.1 Å². The van der Waals surface area contributed by atoms with Crippen LogP contribution in [0.25, 0.3) is 0 Å². The molecule has 130 valence electrons. The summed E-state index contributed by atoms with van der Waals surface area (Å²) >= 11 is 0. The van der Waals surface area contributed by atoms with Gasteiger partial charge in [-0.1, -0.05) is 38.1 Å². The number of methoxy groups -OCH3 is 1. The summed E-state index contributed by atoms with van der Waals surface area (Å²) in [4.78, 5) is 0. The first kappa shape index (κ1) is 18.3. The van der Waals surface area contributed by atoms with Crippen molar-refractivity contribution in [1.82, 2.24) is 0 Å². The SMILES string of the molecule is COc1ccc(C(C)(C)c2ccc(OCCOC(C)C)cc2)cc1. The average molecular weight is 328 g/mol. The fourth-order valence-corrected chi connectivity index (χ4v) is 2.59. The van der Waals surface area contributed by atoms with Crippen LogP contribution in [0.4, 0.5) is 0 Å². The third-order valence-corrected chi connectivity index (χ3v) is 4.19. The standard InChI is InChI=1S/C21H28O3/c1-16(2)23-14-15-24-20-12-8-18(9-13-20)21(3,4)17-6-10-19(22-5)11-7-17/h6-13,16H,14-15H2,1-5H3. The molecule has 2 rings (SSSR count). The molecule has 0 heterocycles. The fraction of sp³-hybridized carbons (Fsp3) is 0.429.